The summed E-state index contributed by atoms with van der Waals surface area (Å²) >= 11 is 0. The Balaban J connectivity index is 3.77. The zero-order valence-corrected chi connectivity index (χ0v) is 12.6. The highest BCUT2D eigenvalue weighted by Gasteiger charge is 2.13. The highest BCUT2D eigenvalue weighted by molar-refractivity contribution is 4.62. The van der Waals surface area contributed by atoms with E-state index in [-0.39, 0.29) is 0 Å². The number of hydrogen-bond acceptors (Lipinski definition) is 1. The molecule has 1 heteroatoms. The Morgan fingerprint density at radius 2 is 1.06 bits per heavy atom. The van der Waals surface area contributed by atoms with Gasteiger partial charge < -0.3 is 4.74 Å². The molecule has 2 unspecified atom stereocenters. The predicted molar refractivity (Wildman–Crippen MR) is 77.5 cm³/mol. The second-order valence-corrected chi connectivity index (χ2v) is 5.19. The molecule has 0 radical (unpaired) electrons. The summed E-state index contributed by atoms with van der Waals surface area (Å²) in [6.07, 6.45) is 13.9. The van der Waals surface area contributed by atoms with E-state index in [1.807, 2.05) is 0 Å². The van der Waals surface area contributed by atoms with Crippen molar-refractivity contribution in [1.82, 2.24) is 0 Å². The van der Waals surface area contributed by atoms with Crippen LogP contribution in [0.25, 0.3) is 0 Å². The summed E-state index contributed by atoms with van der Waals surface area (Å²) in [5, 5.41) is 0. The van der Waals surface area contributed by atoms with Gasteiger partial charge in [-0.05, 0) is 25.7 Å². The lowest BCUT2D eigenvalue weighted by atomic mass is 10.1. The minimum absolute atomic E-state index is 0.508. The molecular weight excluding hydrogens is 208 g/mol. The molecule has 0 heterocycles. The smallest absolute Gasteiger partial charge is 0.0576 e. The van der Waals surface area contributed by atoms with Crippen LogP contribution in [0.3, 0.4) is 0 Å². The molecule has 0 rings (SSSR count). The third-order valence-corrected chi connectivity index (χ3v) is 3.55. The van der Waals surface area contributed by atoms with E-state index in [2.05, 4.69) is 27.7 Å². The van der Waals surface area contributed by atoms with Gasteiger partial charge in [-0.15, -0.1) is 0 Å². The lowest BCUT2D eigenvalue weighted by molar-refractivity contribution is -0.0256. The average Bonchev–Trinajstić information content (AvgIpc) is 2.36. The molecule has 2 atom stereocenters. The van der Waals surface area contributed by atoms with Gasteiger partial charge in [0.2, 0.25) is 0 Å². The zero-order chi connectivity index (χ0) is 12.9. The Morgan fingerprint density at radius 3 is 1.35 bits per heavy atom. The first-order valence-corrected chi connectivity index (χ1v) is 7.93. The molecule has 0 aliphatic carbocycles. The first-order valence-electron chi connectivity index (χ1n) is 7.93. The Bertz CT molecular complexity index is 128. The highest BCUT2D eigenvalue weighted by Crippen LogP contribution is 2.17. The SMILES string of the molecule is CCCCCC(CC)OC(CC)CCCCC. The Hall–Kier alpha value is -0.0400. The van der Waals surface area contributed by atoms with Crippen molar-refractivity contribution in [1.29, 1.82) is 0 Å². The van der Waals surface area contributed by atoms with Crippen LogP contribution in [0, 0.1) is 0 Å². The lowest BCUT2D eigenvalue weighted by Gasteiger charge is -2.23. The van der Waals surface area contributed by atoms with Gasteiger partial charge in [0, 0.05) is 0 Å². The minimum Gasteiger partial charge on any atom is -0.375 e. The van der Waals surface area contributed by atoms with E-state index in [0.29, 0.717) is 12.2 Å². The van der Waals surface area contributed by atoms with Crippen molar-refractivity contribution < 1.29 is 4.74 Å². The van der Waals surface area contributed by atoms with Crippen molar-refractivity contribution in [3.05, 3.63) is 0 Å². The minimum atomic E-state index is 0.508. The molecule has 17 heavy (non-hydrogen) atoms. The van der Waals surface area contributed by atoms with Gasteiger partial charge in [0.1, 0.15) is 0 Å². The van der Waals surface area contributed by atoms with Gasteiger partial charge in [-0.3, -0.25) is 0 Å². The van der Waals surface area contributed by atoms with E-state index in [0.717, 1.165) is 0 Å². The van der Waals surface area contributed by atoms with Crippen LogP contribution in [0.2, 0.25) is 0 Å². The fourth-order valence-corrected chi connectivity index (χ4v) is 2.25. The molecule has 0 aromatic carbocycles. The van der Waals surface area contributed by atoms with E-state index in [1.54, 1.807) is 0 Å². The van der Waals surface area contributed by atoms with Crippen LogP contribution in [0.15, 0.2) is 0 Å². The maximum absolute atomic E-state index is 6.24. The van der Waals surface area contributed by atoms with Crippen molar-refractivity contribution in [3.63, 3.8) is 0 Å². The van der Waals surface area contributed by atoms with Gasteiger partial charge in [0.15, 0.2) is 0 Å². The summed E-state index contributed by atoms with van der Waals surface area (Å²) in [6, 6.07) is 0. The van der Waals surface area contributed by atoms with Crippen LogP contribution in [-0.4, -0.2) is 12.2 Å². The van der Waals surface area contributed by atoms with Crippen molar-refractivity contribution in [2.45, 2.75) is 104 Å². The summed E-state index contributed by atoms with van der Waals surface area (Å²) in [6.45, 7) is 9.05. The molecule has 0 N–H and O–H groups in total. The molecule has 0 aliphatic heterocycles. The van der Waals surface area contributed by atoms with Crippen LogP contribution in [0.1, 0.15) is 91.9 Å². The van der Waals surface area contributed by atoms with Crippen molar-refractivity contribution in [3.8, 4) is 0 Å². The maximum Gasteiger partial charge on any atom is 0.0576 e. The van der Waals surface area contributed by atoms with Crippen molar-refractivity contribution in [2.24, 2.45) is 0 Å². The summed E-state index contributed by atoms with van der Waals surface area (Å²) < 4.78 is 6.24. The number of rotatable bonds is 12. The fourth-order valence-electron chi connectivity index (χ4n) is 2.25. The molecule has 0 spiro atoms. The van der Waals surface area contributed by atoms with Crippen LogP contribution in [-0.2, 0) is 4.74 Å². The van der Waals surface area contributed by atoms with Crippen LogP contribution >= 0.6 is 0 Å². The second kappa shape index (κ2) is 12.4. The van der Waals surface area contributed by atoms with Gasteiger partial charge >= 0.3 is 0 Å². The van der Waals surface area contributed by atoms with Crippen molar-refractivity contribution in [2.75, 3.05) is 0 Å². The third kappa shape index (κ3) is 9.64. The molecule has 0 aromatic heterocycles. The predicted octanol–water partition coefficient (Wildman–Crippen LogP) is 5.72. The van der Waals surface area contributed by atoms with E-state index in [9.17, 15) is 0 Å². The second-order valence-electron chi connectivity index (χ2n) is 5.19. The number of ether oxygens (including phenoxy) is 1. The first-order chi connectivity index (χ1) is 8.28. The van der Waals surface area contributed by atoms with Gasteiger partial charge in [-0.25, -0.2) is 0 Å². The summed E-state index contributed by atoms with van der Waals surface area (Å²) in [5.74, 6) is 0. The summed E-state index contributed by atoms with van der Waals surface area (Å²) in [4.78, 5) is 0. The molecular formula is C16H34O. The largest absolute Gasteiger partial charge is 0.375 e. The molecule has 0 saturated carbocycles. The molecule has 0 aromatic rings. The van der Waals surface area contributed by atoms with E-state index >= 15 is 0 Å². The third-order valence-electron chi connectivity index (χ3n) is 3.55. The molecule has 0 saturated heterocycles. The number of hydrogen-bond donors (Lipinski definition) is 0. The number of unbranched alkanes of at least 4 members (excludes halogenated alkanes) is 4. The normalized spacial score (nSPS) is 14.8. The first kappa shape index (κ1) is 17.0. The van der Waals surface area contributed by atoms with Crippen molar-refractivity contribution >= 4 is 0 Å². The molecule has 104 valence electrons. The highest BCUT2D eigenvalue weighted by atomic mass is 16.5. The molecule has 0 amide bonds. The average molecular weight is 242 g/mol. The van der Waals surface area contributed by atoms with Gasteiger partial charge in [0.05, 0.1) is 12.2 Å². The molecule has 0 fully saturated rings. The van der Waals surface area contributed by atoms with Crippen LogP contribution in [0.5, 0.6) is 0 Å². The maximum atomic E-state index is 6.24. The van der Waals surface area contributed by atoms with Gasteiger partial charge in [-0.1, -0.05) is 66.2 Å². The monoisotopic (exact) mass is 242 g/mol. The lowest BCUT2D eigenvalue weighted by Crippen LogP contribution is -2.21. The Labute approximate surface area is 109 Å². The quantitative estimate of drug-likeness (QED) is 0.398. The topological polar surface area (TPSA) is 9.23 Å². The Morgan fingerprint density at radius 1 is 0.647 bits per heavy atom. The van der Waals surface area contributed by atoms with Crippen LogP contribution in [0.4, 0.5) is 0 Å². The van der Waals surface area contributed by atoms with E-state index in [4.69, 9.17) is 4.74 Å². The van der Waals surface area contributed by atoms with E-state index in [1.165, 1.54) is 64.2 Å². The zero-order valence-electron chi connectivity index (χ0n) is 12.6. The van der Waals surface area contributed by atoms with Gasteiger partial charge in [0.25, 0.3) is 0 Å². The van der Waals surface area contributed by atoms with Gasteiger partial charge in [-0.2, -0.15) is 0 Å². The molecule has 0 aliphatic rings. The Kier molecular flexibility index (Phi) is 12.4. The van der Waals surface area contributed by atoms with Crippen LogP contribution < -0.4 is 0 Å². The fraction of sp³-hybridized carbons (Fsp3) is 1.00. The summed E-state index contributed by atoms with van der Waals surface area (Å²) in [7, 11) is 0. The molecule has 1 nitrogen and oxygen atoms in total. The van der Waals surface area contributed by atoms with E-state index < -0.39 is 0 Å². The summed E-state index contributed by atoms with van der Waals surface area (Å²) in [5.41, 5.74) is 0. The standard InChI is InChI=1S/C16H34O/c1-5-9-11-13-15(7-3)17-16(8-4)14-12-10-6-2/h15-16H,5-14H2,1-4H3. The molecule has 0 bridgehead atoms.